The predicted molar refractivity (Wildman–Crippen MR) is 174 cm³/mol. The van der Waals surface area contributed by atoms with Gasteiger partial charge in [0.1, 0.15) is 0 Å². The van der Waals surface area contributed by atoms with Gasteiger partial charge in [-0.3, -0.25) is 19.2 Å². The zero-order valence-corrected chi connectivity index (χ0v) is 27.8. The Balaban J connectivity index is 1.17. The van der Waals surface area contributed by atoms with E-state index in [1.165, 1.54) is 16.4 Å². The van der Waals surface area contributed by atoms with E-state index in [9.17, 15) is 27.6 Å². The number of nitrogens with zero attached hydrogens (tertiary/aromatic N) is 3. The van der Waals surface area contributed by atoms with E-state index in [0.717, 1.165) is 10.5 Å². The van der Waals surface area contributed by atoms with Crippen molar-refractivity contribution in [3.8, 4) is 0 Å². The van der Waals surface area contributed by atoms with Gasteiger partial charge >= 0.3 is 0 Å². The monoisotopic (exact) mass is 712 g/mol. The number of fused-ring (bicyclic) bond motifs is 2. The minimum absolute atomic E-state index is 0.00393. The van der Waals surface area contributed by atoms with Crippen molar-refractivity contribution in [3.63, 3.8) is 0 Å². The van der Waals surface area contributed by atoms with Crippen molar-refractivity contribution in [2.45, 2.75) is 44.4 Å². The number of anilines is 3. The van der Waals surface area contributed by atoms with E-state index >= 15 is 0 Å². The lowest BCUT2D eigenvalue weighted by Gasteiger charge is -2.31. The number of piperidine rings is 1. The Hall–Kier alpha value is -3.58. The van der Waals surface area contributed by atoms with Crippen molar-refractivity contribution < 1.29 is 27.6 Å². The molecule has 0 aromatic heterocycles. The summed E-state index contributed by atoms with van der Waals surface area (Å²) in [5, 5.41) is 3.24. The molecule has 0 saturated carbocycles. The standard InChI is InChI=1S/C32H30BrClN4O6S/c1-3-29(39)37-12-10-19-14-25(33)28(16-27(19)37)45(43,44)36-11-4-5-20(17-36)30(40)35-22-7-9-26(18(2)13-22)38-31(41)23-8-6-21(34)15-24(23)32(38)42/h6-9,13-16,20H,3-5,10-12,17H2,1-2H3,(H,35,40)/t20-/m0/s1. The second kappa shape index (κ2) is 12.0. The van der Waals surface area contributed by atoms with Crippen LogP contribution in [0.3, 0.4) is 0 Å². The van der Waals surface area contributed by atoms with Crippen LogP contribution in [0, 0.1) is 12.8 Å². The lowest BCUT2D eigenvalue weighted by molar-refractivity contribution is -0.121. The SMILES string of the molecule is CCC(=O)N1CCc2cc(Br)c(S(=O)(=O)N3CCC[C@H](C(=O)Nc4ccc(N5C(=O)c6ccc(Cl)cc6C5=O)c(C)c4)C3)cc21. The topological polar surface area (TPSA) is 124 Å². The third kappa shape index (κ3) is 5.58. The van der Waals surface area contributed by atoms with Gasteiger partial charge in [0.05, 0.1) is 27.6 Å². The van der Waals surface area contributed by atoms with Crippen molar-refractivity contribution in [1.29, 1.82) is 0 Å². The maximum Gasteiger partial charge on any atom is 0.266 e. The average molecular weight is 714 g/mol. The molecule has 0 bridgehead atoms. The number of benzene rings is 3. The smallest absolute Gasteiger partial charge is 0.266 e. The molecule has 6 rings (SSSR count). The van der Waals surface area contributed by atoms with Crippen LogP contribution in [0.25, 0.3) is 0 Å². The first-order chi connectivity index (χ1) is 21.4. The molecular formula is C32H30BrClN4O6S. The molecule has 0 aliphatic carbocycles. The molecule has 3 aromatic carbocycles. The molecule has 1 saturated heterocycles. The van der Waals surface area contributed by atoms with Crippen LogP contribution in [0.1, 0.15) is 58.0 Å². The lowest BCUT2D eigenvalue weighted by atomic mass is 9.98. The number of halogens is 2. The maximum absolute atomic E-state index is 13.8. The van der Waals surface area contributed by atoms with Gasteiger partial charge in [0, 0.05) is 46.9 Å². The molecule has 0 radical (unpaired) electrons. The van der Waals surface area contributed by atoms with Crippen LogP contribution in [-0.4, -0.2) is 56.0 Å². The van der Waals surface area contributed by atoms with Gasteiger partial charge < -0.3 is 10.2 Å². The van der Waals surface area contributed by atoms with Gasteiger partial charge in [-0.1, -0.05) is 18.5 Å². The maximum atomic E-state index is 13.8. The summed E-state index contributed by atoms with van der Waals surface area (Å²) in [5.74, 6) is -1.91. The fourth-order valence-electron chi connectivity index (χ4n) is 6.21. The summed E-state index contributed by atoms with van der Waals surface area (Å²) in [4.78, 5) is 54.7. The summed E-state index contributed by atoms with van der Waals surface area (Å²) in [7, 11) is -3.98. The summed E-state index contributed by atoms with van der Waals surface area (Å²) < 4.78 is 29.4. The number of nitrogens with one attached hydrogen (secondary N) is 1. The normalized spacial score (nSPS) is 18.3. The van der Waals surface area contributed by atoms with Crippen molar-refractivity contribution >= 4 is 78.2 Å². The summed E-state index contributed by atoms with van der Waals surface area (Å²) >= 11 is 9.46. The van der Waals surface area contributed by atoms with E-state index < -0.39 is 27.8 Å². The Morgan fingerprint density at radius 2 is 1.76 bits per heavy atom. The molecule has 1 fully saturated rings. The number of aryl methyl sites for hydroxylation is 1. The molecular weight excluding hydrogens is 684 g/mol. The molecule has 3 heterocycles. The first-order valence-electron chi connectivity index (χ1n) is 14.6. The van der Waals surface area contributed by atoms with E-state index in [1.54, 1.807) is 55.1 Å². The van der Waals surface area contributed by atoms with Crippen LogP contribution < -0.4 is 15.1 Å². The first kappa shape index (κ1) is 31.4. The minimum Gasteiger partial charge on any atom is -0.326 e. The van der Waals surface area contributed by atoms with Gasteiger partial charge in [-0.05, 0) is 102 Å². The van der Waals surface area contributed by atoms with Crippen molar-refractivity contribution in [3.05, 3.63) is 80.3 Å². The van der Waals surface area contributed by atoms with Gasteiger partial charge in [0.15, 0.2) is 0 Å². The van der Waals surface area contributed by atoms with E-state index in [0.29, 0.717) is 64.3 Å². The molecule has 3 aliphatic heterocycles. The fraction of sp³-hybridized carbons (Fsp3) is 0.312. The van der Waals surface area contributed by atoms with Gasteiger partial charge in [-0.15, -0.1) is 0 Å². The van der Waals surface area contributed by atoms with Gasteiger partial charge in [0.25, 0.3) is 11.8 Å². The number of carbonyl (C=O) groups excluding carboxylic acids is 4. The van der Waals surface area contributed by atoms with E-state index in [2.05, 4.69) is 21.2 Å². The molecule has 3 aliphatic rings. The Bertz CT molecular complexity index is 1900. The summed E-state index contributed by atoms with van der Waals surface area (Å²) in [6, 6.07) is 12.8. The highest BCUT2D eigenvalue weighted by atomic mass is 79.9. The second-order valence-corrected chi connectivity index (χ2v) is 14.6. The van der Waals surface area contributed by atoms with Crippen LogP contribution in [0.4, 0.5) is 17.1 Å². The first-order valence-corrected chi connectivity index (χ1v) is 17.2. The highest BCUT2D eigenvalue weighted by molar-refractivity contribution is 9.10. The number of imide groups is 1. The highest BCUT2D eigenvalue weighted by Crippen LogP contribution is 2.38. The third-order valence-corrected chi connectivity index (χ3v) is 11.6. The number of hydrogen-bond acceptors (Lipinski definition) is 6. The van der Waals surface area contributed by atoms with Gasteiger partial charge in [-0.2, -0.15) is 4.31 Å². The molecule has 3 aromatic rings. The van der Waals surface area contributed by atoms with E-state index in [1.807, 2.05) is 0 Å². The van der Waals surface area contributed by atoms with Crippen LogP contribution in [0.2, 0.25) is 5.02 Å². The minimum atomic E-state index is -3.98. The second-order valence-electron chi connectivity index (χ2n) is 11.4. The number of amides is 4. The molecule has 10 nitrogen and oxygen atoms in total. The van der Waals surface area contributed by atoms with Crippen LogP contribution in [0.5, 0.6) is 0 Å². The van der Waals surface area contributed by atoms with Crippen LogP contribution in [0.15, 0.2) is 57.9 Å². The van der Waals surface area contributed by atoms with Crippen molar-refractivity contribution in [2.24, 2.45) is 5.92 Å². The molecule has 1 atom stereocenters. The van der Waals surface area contributed by atoms with Gasteiger partial charge in [-0.25, -0.2) is 13.3 Å². The predicted octanol–water partition coefficient (Wildman–Crippen LogP) is 5.55. The molecule has 4 amide bonds. The van der Waals surface area contributed by atoms with E-state index in [-0.39, 0.29) is 40.9 Å². The number of rotatable bonds is 6. The Kier molecular flexibility index (Phi) is 8.36. The van der Waals surface area contributed by atoms with Crippen LogP contribution in [-0.2, 0) is 26.0 Å². The molecule has 1 N–H and O–H groups in total. The number of carbonyl (C=O) groups is 4. The van der Waals surface area contributed by atoms with Crippen LogP contribution >= 0.6 is 27.5 Å². The highest BCUT2D eigenvalue weighted by Gasteiger charge is 2.38. The summed E-state index contributed by atoms with van der Waals surface area (Å²) in [5.41, 5.74) is 3.48. The zero-order chi connectivity index (χ0) is 32.2. The largest absolute Gasteiger partial charge is 0.326 e. The average Bonchev–Trinajstić information content (AvgIpc) is 3.53. The Labute approximate surface area is 274 Å². The molecule has 0 spiro atoms. The molecule has 45 heavy (non-hydrogen) atoms. The number of hydrogen-bond donors (Lipinski definition) is 1. The van der Waals surface area contributed by atoms with E-state index in [4.69, 9.17) is 11.6 Å². The van der Waals surface area contributed by atoms with Crippen molar-refractivity contribution in [2.75, 3.05) is 34.8 Å². The lowest BCUT2D eigenvalue weighted by Crippen LogP contribution is -2.43. The third-order valence-electron chi connectivity index (χ3n) is 8.56. The van der Waals surface area contributed by atoms with Gasteiger partial charge in [0.2, 0.25) is 21.8 Å². The Morgan fingerprint density at radius 1 is 1.00 bits per heavy atom. The summed E-state index contributed by atoms with van der Waals surface area (Å²) in [6.45, 7) is 4.30. The summed E-state index contributed by atoms with van der Waals surface area (Å²) in [6.07, 6.45) is 1.99. The fourth-order valence-corrected chi connectivity index (χ4v) is 8.98. The zero-order valence-electron chi connectivity index (χ0n) is 24.6. The Morgan fingerprint density at radius 3 is 2.49 bits per heavy atom. The van der Waals surface area contributed by atoms with Crippen molar-refractivity contribution in [1.82, 2.24) is 4.31 Å². The molecule has 0 unspecified atom stereocenters. The molecule has 13 heteroatoms. The number of sulfonamides is 1. The molecule has 234 valence electrons. The quantitative estimate of drug-likeness (QED) is 0.334.